The van der Waals surface area contributed by atoms with Crippen LogP contribution in [0.3, 0.4) is 0 Å². The van der Waals surface area contributed by atoms with Crippen LogP contribution in [0.2, 0.25) is 0 Å². The monoisotopic (exact) mass is 478 g/mol. The summed E-state index contributed by atoms with van der Waals surface area (Å²) in [4.78, 5) is 20.9. The van der Waals surface area contributed by atoms with Crippen molar-refractivity contribution in [2.24, 2.45) is 0 Å². The molecular weight excluding hydrogens is 468 g/mol. The van der Waals surface area contributed by atoms with Crippen molar-refractivity contribution < 1.29 is 9.53 Å². The van der Waals surface area contributed by atoms with Crippen molar-refractivity contribution in [3.8, 4) is 0 Å². The van der Waals surface area contributed by atoms with Crippen LogP contribution >= 0.6 is 31.9 Å². The van der Waals surface area contributed by atoms with Crippen LogP contribution in [-0.2, 0) is 17.8 Å². The molecule has 0 aliphatic rings. The minimum atomic E-state index is -0.624. The van der Waals surface area contributed by atoms with E-state index >= 15 is 0 Å². The Hall–Kier alpha value is -2.33. The summed E-state index contributed by atoms with van der Waals surface area (Å²) in [5, 5.41) is 8.53. The number of nitrogens with zero attached hydrogens (tertiary/aromatic N) is 6. The van der Waals surface area contributed by atoms with Gasteiger partial charge in [0.2, 0.25) is 0 Å². The summed E-state index contributed by atoms with van der Waals surface area (Å²) in [7, 11) is 0. The summed E-state index contributed by atoms with van der Waals surface area (Å²) in [5.74, 6) is -0.235. The van der Waals surface area contributed by atoms with Gasteiger partial charge >= 0.3 is 5.97 Å². The highest BCUT2D eigenvalue weighted by molar-refractivity contribution is 9.11. The molecule has 0 spiro atoms. The summed E-state index contributed by atoms with van der Waals surface area (Å²) < 4.78 is 10.1. The lowest BCUT2D eigenvalue weighted by molar-refractivity contribution is 0.0448. The highest BCUT2D eigenvalue weighted by Crippen LogP contribution is 2.19. The minimum absolute atomic E-state index is 0.00320. The van der Waals surface area contributed by atoms with Gasteiger partial charge in [0, 0.05) is 11.9 Å². The highest BCUT2D eigenvalue weighted by atomic mass is 79.9. The Morgan fingerprint density at radius 1 is 1.12 bits per heavy atom. The lowest BCUT2D eigenvalue weighted by atomic mass is 10.3. The molecule has 10 heteroatoms. The lowest BCUT2D eigenvalue weighted by Crippen LogP contribution is -2.09. The molecule has 0 aromatic carbocycles. The van der Waals surface area contributed by atoms with E-state index < -0.39 is 5.97 Å². The van der Waals surface area contributed by atoms with E-state index in [1.54, 1.807) is 15.2 Å². The second-order valence-corrected chi connectivity index (χ2v) is 7.13. The predicted molar refractivity (Wildman–Crippen MR) is 99.9 cm³/mol. The van der Waals surface area contributed by atoms with Crippen LogP contribution in [-0.4, -0.2) is 35.2 Å². The number of aromatic nitrogens is 6. The number of aryl methyl sites for hydroxylation is 1. The first-order valence-electron chi connectivity index (χ1n) is 7.78. The maximum absolute atomic E-state index is 12.3. The van der Waals surface area contributed by atoms with Crippen LogP contribution < -0.4 is 0 Å². The van der Waals surface area contributed by atoms with Gasteiger partial charge in [0.05, 0.1) is 8.95 Å². The molecule has 4 rings (SSSR count). The fraction of sp³-hybridized carbons (Fsp3) is 0.188. The molecule has 4 aromatic heterocycles. The molecule has 0 atom stereocenters. The highest BCUT2D eigenvalue weighted by Gasteiger charge is 2.18. The molecule has 0 saturated heterocycles. The summed E-state index contributed by atoms with van der Waals surface area (Å²) in [6.45, 7) is 1.94. The topological polar surface area (TPSA) is 86.7 Å². The molecule has 0 aliphatic carbocycles. The summed E-state index contributed by atoms with van der Waals surface area (Å²) in [6.07, 6.45) is 2.54. The zero-order chi connectivity index (χ0) is 18.3. The van der Waals surface area contributed by atoms with Gasteiger partial charge in [-0.2, -0.15) is 4.98 Å². The van der Waals surface area contributed by atoms with Crippen LogP contribution in [0, 0.1) is 0 Å². The Morgan fingerprint density at radius 2 is 1.92 bits per heavy atom. The number of carbonyl (C=O) groups is 1. The number of fused-ring (bicyclic) bond motifs is 2. The summed E-state index contributed by atoms with van der Waals surface area (Å²) >= 11 is 6.83. The molecule has 0 N–H and O–H groups in total. The Morgan fingerprint density at radius 3 is 2.69 bits per heavy atom. The predicted octanol–water partition coefficient (Wildman–Crippen LogP) is 3.22. The minimum Gasteiger partial charge on any atom is -0.451 e. The Kier molecular flexibility index (Phi) is 4.45. The standard InChI is InChI=1S/C16H12Br2N6O2/c1-2-9-5-6-11(18)15-20-13(22-24(9)15)16(25)26-8-12-19-14-10(17)4-3-7-23(14)21-12/h3-7H,2,8H2,1H3. The van der Waals surface area contributed by atoms with E-state index in [0.29, 0.717) is 17.1 Å². The first kappa shape index (κ1) is 17.1. The van der Waals surface area contributed by atoms with Crippen LogP contribution in [0.1, 0.15) is 29.1 Å². The van der Waals surface area contributed by atoms with E-state index in [0.717, 1.165) is 21.1 Å². The number of halogens is 2. The van der Waals surface area contributed by atoms with Crippen LogP contribution in [0.15, 0.2) is 39.4 Å². The molecule has 0 unspecified atom stereocenters. The molecule has 0 radical (unpaired) electrons. The number of pyridine rings is 2. The normalized spacial score (nSPS) is 11.3. The van der Waals surface area contributed by atoms with E-state index in [1.165, 1.54) is 0 Å². The zero-order valence-corrected chi connectivity index (χ0v) is 16.7. The quantitative estimate of drug-likeness (QED) is 0.417. The third-order valence-corrected chi connectivity index (χ3v) is 4.99. The summed E-state index contributed by atoms with van der Waals surface area (Å²) in [6, 6.07) is 7.52. The van der Waals surface area contributed by atoms with Gasteiger partial charge in [0.1, 0.15) is 0 Å². The molecular formula is C16H12Br2N6O2. The average molecular weight is 480 g/mol. The van der Waals surface area contributed by atoms with Crippen molar-refractivity contribution in [3.05, 3.63) is 56.8 Å². The number of hydrogen-bond acceptors (Lipinski definition) is 6. The van der Waals surface area contributed by atoms with Crippen molar-refractivity contribution in [3.63, 3.8) is 0 Å². The largest absolute Gasteiger partial charge is 0.451 e. The second-order valence-electron chi connectivity index (χ2n) is 5.43. The number of hydrogen-bond donors (Lipinski definition) is 0. The van der Waals surface area contributed by atoms with E-state index in [9.17, 15) is 4.79 Å². The Balaban J connectivity index is 1.57. The fourth-order valence-corrected chi connectivity index (χ4v) is 3.32. The van der Waals surface area contributed by atoms with Crippen molar-refractivity contribution in [2.75, 3.05) is 0 Å². The van der Waals surface area contributed by atoms with Gasteiger partial charge in [-0.25, -0.2) is 18.8 Å². The fourth-order valence-electron chi connectivity index (χ4n) is 2.51. The summed E-state index contributed by atoms with van der Waals surface area (Å²) in [5.41, 5.74) is 2.17. The van der Waals surface area contributed by atoms with Crippen LogP contribution in [0.5, 0.6) is 0 Å². The molecule has 0 amide bonds. The maximum atomic E-state index is 12.3. The molecule has 0 bridgehead atoms. The van der Waals surface area contributed by atoms with Gasteiger partial charge in [-0.3, -0.25) is 0 Å². The molecule has 4 heterocycles. The third kappa shape index (κ3) is 2.99. The first-order chi connectivity index (χ1) is 12.6. The zero-order valence-electron chi connectivity index (χ0n) is 13.6. The number of rotatable bonds is 4. The van der Waals surface area contributed by atoms with Crippen molar-refractivity contribution in [1.29, 1.82) is 0 Å². The van der Waals surface area contributed by atoms with E-state index in [1.807, 2.05) is 31.2 Å². The molecule has 0 saturated carbocycles. The van der Waals surface area contributed by atoms with Gasteiger partial charge in [0.15, 0.2) is 23.7 Å². The second kappa shape index (κ2) is 6.76. The Bertz CT molecular complexity index is 1140. The smallest absolute Gasteiger partial charge is 0.378 e. The number of esters is 1. The average Bonchev–Trinajstić information content (AvgIpc) is 3.26. The Labute approximate surface area is 164 Å². The van der Waals surface area contributed by atoms with Crippen molar-refractivity contribution in [1.82, 2.24) is 29.2 Å². The first-order valence-corrected chi connectivity index (χ1v) is 9.36. The number of ether oxygens (including phenoxy) is 1. The molecule has 4 aromatic rings. The molecule has 26 heavy (non-hydrogen) atoms. The van der Waals surface area contributed by atoms with E-state index in [2.05, 4.69) is 52.0 Å². The lowest BCUT2D eigenvalue weighted by Gasteiger charge is -2.00. The molecule has 132 valence electrons. The van der Waals surface area contributed by atoms with Gasteiger partial charge in [-0.15, -0.1) is 10.2 Å². The number of carbonyl (C=O) groups excluding carboxylic acids is 1. The van der Waals surface area contributed by atoms with Gasteiger partial charge < -0.3 is 4.74 Å². The molecule has 8 nitrogen and oxygen atoms in total. The van der Waals surface area contributed by atoms with E-state index in [4.69, 9.17) is 4.74 Å². The van der Waals surface area contributed by atoms with Crippen LogP contribution in [0.25, 0.3) is 11.3 Å². The van der Waals surface area contributed by atoms with Crippen LogP contribution in [0.4, 0.5) is 0 Å². The van der Waals surface area contributed by atoms with Gasteiger partial charge in [-0.1, -0.05) is 6.92 Å². The van der Waals surface area contributed by atoms with Gasteiger partial charge in [0.25, 0.3) is 5.82 Å². The van der Waals surface area contributed by atoms with E-state index in [-0.39, 0.29) is 12.4 Å². The van der Waals surface area contributed by atoms with Crippen molar-refractivity contribution >= 4 is 49.1 Å². The van der Waals surface area contributed by atoms with Gasteiger partial charge in [-0.05, 0) is 62.5 Å². The molecule has 0 fully saturated rings. The van der Waals surface area contributed by atoms with Crippen molar-refractivity contribution in [2.45, 2.75) is 20.0 Å². The molecule has 0 aliphatic heterocycles. The maximum Gasteiger partial charge on any atom is 0.378 e. The SMILES string of the molecule is CCc1ccc(Br)c2nc(C(=O)OCc3nc4c(Br)cccn4n3)nn12. The third-order valence-electron chi connectivity index (χ3n) is 3.75.